The molecular weight excluding hydrogens is 308 g/mol. The molecule has 1 aromatic heterocycles. The van der Waals surface area contributed by atoms with Gasteiger partial charge in [0.1, 0.15) is 11.6 Å². The predicted molar refractivity (Wildman–Crippen MR) is 93.0 cm³/mol. The normalized spacial score (nSPS) is 19.0. The molecule has 1 atom stereocenters. The maximum absolute atomic E-state index is 5.23. The molecule has 0 unspecified atom stereocenters. The van der Waals surface area contributed by atoms with E-state index in [1.165, 1.54) is 18.4 Å². The molecule has 0 bridgehead atoms. The second-order valence-corrected chi connectivity index (χ2v) is 6.80. The average Bonchev–Trinajstić information content (AvgIpc) is 2.96. The van der Waals surface area contributed by atoms with Crippen LogP contribution < -0.4 is 4.74 Å². The van der Waals surface area contributed by atoms with Crippen molar-refractivity contribution in [3.05, 3.63) is 35.7 Å². The van der Waals surface area contributed by atoms with Gasteiger partial charge in [0.2, 0.25) is 0 Å². The van der Waals surface area contributed by atoms with Gasteiger partial charge in [-0.3, -0.25) is 4.90 Å². The van der Waals surface area contributed by atoms with Crippen LogP contribution in [0, 0.1) is 0 Å². The SMILES string of the molecule is COc1ccc(CN2CCC[C@@H](c3nnc(SC)n3C)C2)cc1. The Morgan fingerprint density at radius 2 is 2.04 bits per heavy atom. The molecule has 1 fully saturated rings. The molecule has 2 heterocycles. The fraction of sp³-hybridized carbons (Fsp3) is 0.529. The summed E-state index contributed by atoms with van der Waals surface area (Å²) in [6.45, 7) is 3.18. The second kappa shape index (κ2) is 7.36. The van der Waals surface area contributed by atoms with E-state index in [9.17, 15) is 0 Å². The van der Waals surface area contributed by atoms with Gasteiger partial charge in [-0.05, 0) is 43.3 Å². The van der Waals surface area contributed by atoms with E-state index in [-0.39, 0.29) is 0 Å². The van der Waals surface area contributed by atoms with E-state index >= 15 is 0 Å². The Morgan fingerprint density at radius 1 is 1.26 bits per heavy atom. The van der Waals surface area contributed by atoms with Crippen molar-refractivity contribution in [2.24, 2.45) is 7.05 Å². The highest BCUT2D eigenvalue weighted by atomic mass is 32.2. The van der Waals surface area contributed by atoms with E-state index < -0.39 is 0 Å². The lowest BCUT2D eigenvalue weighted by Crippen LogP contribution is -2.34. The molecule has 0 radical (unpaired) electrons. The van der Waals surface area contributed by atoms with Crippen molar-refractivity contribution < 1.29 is 4.74 Å². The molecule has 3 rings (SSSR count). The fourth-order valence-electron chi connectivity index (χ4n) is 3.26. The molecule has 1 aliphatic heterocycles. The van der Waals surface area contributed by atoms with Gasteiger partial charge in [0.25, 0.3) is 0 Å². The predicted octanol–water partition coefficient (Wildman–Crippen LogP) is 2.93. The molecule has 0 aliphatic carbocycles. The summed E-state index contributed by atoms with van der Waals surface area (Å²) in [5, 5.41) is 9.70. The highest BCUT2D eigenvalue weighted by Gasteiger charge is 2.25. The first-order valence-electron chi connectivity index (χ1n) is 8.00. The molecule has 0 spiro atoms. The van der Waals surface area contributed by atoms with Crippen LogP contribution in [0.2, 0.25) is 0 Å². The minimum absolute atomic E-state index is 0.473. The summed E-state index contributed by atoms with van der Waals surface area (Å²) >= 11 is 1.65. The Balaban J connectivity index is 1.66. The Bertz CT molecular complexity index is 641. The van der Waals surface area contributed by atoms with Crippen LogP contribution in [-0.2, 0) is 13.6 Å². The Hall–Kier alpha value is -1.53. The Morgan fingerprint density at radius 3 is 2.70 bits per heavy atom. The number of piperidine rings is 1. The van der Waals surface area contributed by atoms with Gasteiger partial charge < -0.3 is 9.30 Å². The molecule has 5 nitrogen and oxygen atoms in total. The zero-order valence-corrected chi connectivity index (χ0v) is 14.8. The van der Waals surface area contributed by atoms with Gasteiger partial charge in [-0.2, -0.15) is 0 Å². The summed E-state index contributed by atoms with van der Waals surface area (Å²) in [6.07, 6.45) is 4.45. The monoisotopic (exact) mass is 332 g/mol. The quantitative estimate of drug-likeness (QED) is 0.788. The Kier molecular flexibility index (Phi) is 5.23. The minimum atomic E-state index is 0.473. The van der Waals surface area contributed by atoms with Crippen LogP contribution in [0.5, 0.6) is 5.75 Å². The highest BCUT2D eigenvalue weighted by molar-refractivity contribution is 7.98. The molecule has 1 saturated heterocycles. The van der Waals surface area contributed by atoms with Crippen molar-refractivity contribution in [2.75, 3.05) is 26.5 Å². The highest BCUT2D eigenvalue weighted by Crippen LogP contribution is 2.28. The van der Waals surface area contributed by atoms with Crippen molar-refractivity contribution in [3.63, 3.8) is 0 Å². The summed E-state index contributed by atoms with van der Waals surface area (Å²) in [7, 11) is 3.78. The molecule has 0 amide bonds. The molecule has 0 N–H and O–H groups in total. The first-order valence-corrected chi connectivity index (χ1v) is 9.22. The molecule has 2 aromatic rings. The van der Waals surface area contributed by atoms with E-state index in [1.54, 1.807) is 18.9 Å². The molecule has 1 aliphatic rings. The van der Waals surface area contributed by atoms with E-state index in [1.807, 2.05) is 18.4 Å². The summed E-state index contributed by atoms with van der Waals surface area (Å²) in [4.78, 5) is 2.52. The average molecular weight is 332 g/mol. The topological polar surface area (TPSA) is 43.2 Å². The zero-order chi connectivity index (χ0) is 16.2. The lowest BCUT2D eigenvalue weighted by Gasteiger charge is -2.32. The molecule has 23 heavy (non-hydrogen) atoms. The van der Waals surface area contributed by atoms with Crippen LogP contribution in [0.25, 0.3) is 0 Å². The van der Waals surface area contributed by atoms with Crippen molar-refractivity contribution in [1.82, 2.24) is 19.7 Å². The van der Waals surface area contributed by atoms with Crippen LogP contribution in [0.15, 0.2) is 29.4 Å². The van der Waals surface area contributed by atoms with E-state index in [0.717, 1.165) is 36.4 Å². The lowest BCUT2D eigenvalue weighted by atomic mass is 9.96. The van der Waals surface area contributed by atoms with Crippen molar-refractivity contribution in [1.29, 1.82) is 0 Å². The van der Waals surface area contributed by atoms with E-state index in [4.69, 9.17) is 4.74 Å². The lowest BCUT2D eigenvalue weighted by molar-refractivity contribution is 0.195. The van der Waals surface area contributed by atoms with Crippen LogP contribution in [0.4, 0.5) is 0 Å². The number of likely N-dealkylation sites (tertiary alicyclic amines) is 1. The number of hydrogen-bond donors (Lipinski definition) is 0. The van der Waals surface area contributed by atoms with Gasteiger partial charge in [0.15, 0.2) is 5.16 Å². The van der Waals surface area contributed by atoms with Gasteiger partial charge in [-0.1, -0.05) is 23.9 Å². The van der Waals surface area contributed by atoms with Gasteiger partial charge in [-0.25, -0.2) is 0 Å². The number of rotatable bonds is 5. The maximum atomic E-state index is 5.23. The summed E-state index contributed by atoms with van der Waals surface area (Å²) in [6, 6.07) is 8.36. The largest absolute Gasteiger partial charge is 0.497 e. The standard InChI is InChI=1S/C17H24N4OS/c1-20-16(18-19-17(20)23-3)14-5-4-10-21(12-14)11-13-6-8-15(22-2)9-7-13/h6-9,14H,4-5,10-12H2,1-3H3/t14-/m1/s1. The molecule has 1 aromatic carbocycles. The first-order chi connectivity index (χ1) is 11.2. The van der Waals surface area contributed by atoms with Gasteiger partial charge >= 0.3 is 0 Å². The number of benzene rings is 1. The van der Waals surface area contributed by atoms with Crippen LogP contribution in [0.1, 0.15) is 30.1 Å². The van der Waals surface area contributed by atoms with Gasteiger partial charge in [-0.15, -0.1) is 10.2 Å². The molecule has 0 saturated carbocycles. The van der Waals surface area contributed by atoms with Crippen LogP contribution in [-0.4, -0.2) is 46.1 Å². The van der Waals surface area contributed by atoms with Gasteiger partial charge in [0, 0.05) is 26.1 Å². The zero-order valence-electron chi connectivity index (χ0n) is 14.0. The number of methoxy groups -OCH3 is 1. The molecule has 124 valence electrons. The smallest absolute Gasteiger partial charge is 0.190 e. The molecular formula is C17H24N4OS. The second-order valence-electron chi connectivity index (χ2n) is 6.03. The number of aromatic nitrogens is 3. The van der Waals surface area contributed by atoms with E-state index in [0.29, 0.717) is 5.92 Å². The van der Waals surface area contributed by atoms with Gasteiger partial charge in [0.05, 0.1) is 7.11 Å². The molecule has 6 heteroatoms. The van der Waals surface area contributed by atoms with Crippen LogP contribution >= 0.6 is 11.8 Å². The van der Waals surface area contributed by atoms with Crippen molar-refractivity contribution in [3.8, 4) is 5.75 Å². The summed E-state index contributed by atoms with van der Waals surface area (Å²) in [5.41, 5.74) is 1.33. The Labute approximate surface area is 142 Å². The first kappa shape index (κ1) is 16.3. The van der Waals surface area contributed by atoms with Crippen LogP contribution in [0.3, 0.4) is 0 Å². The summed E-state index contributed by atoms with van der Waals surface area (Å²) in [5.74, 6) is 2.50. The third-order valence-electron chi connectivity index (χ3n) is 4.49. The number of hydrogen-bond acceptors (Lipinski definition) is 5. The third-order valence-corrected chi connectivity index (χ3v) is 5.21. The fourth-order valence-corrected chi connectivity index (χ4v) is 3.75. The summed E-state index contributed by atoms with van der Waals surface area (Å²) < 4.78 is 7.37. The number of thioether (sulfide) groups is 1. The van der Waals surface area contributed by atoms with Crippen molar-refractivity contribution in [2.45, 2.75) is 30.5 Å². The number of ether oxygens (including phenoxy) is 1. The third kappa shape index (κ3) is 3.70. The minimum Gasteiger partial charge on any atom is -0.497 e. The maximum Gasteiger partial charge on any atom is 0.190 e. The number of nitrogens with zero attached hydrogens (tertiary/aromatic N) is 4. The van der Waals surface area contributed by atoms with Crippen molar-refractivity contribution >= 4 is 11.8 Å². The van der Waals surface area contributed by atoms with E-state index in [2.05, 4.69) is 38.8 Å².